The average Bonchev–Trinajstić information content (AvgIpc) is 2.86. The monoisotopic (exact) mass is 577 g/mol. The first kappa shape index (κ1) is 35.9. The Labute approximate surface area is 243 Å². The number of hydrogen-bond acceptors (Lipinski definition) is 3. The van der Waals surface area contributed by atoms with E-state index in [4.69, 9.17) is 11.0 Å². The van der Waals surface area contributed by atoms with Crippen LogP contribution in [-0.2, 0) is 14.3 Å². The lowest BCUT2D eigenvalue weighted by Crippen LogP contribution is -2.47. The van der Waals surface area contributed by atoms with Crippen LogP contribution in [-0.4, -0.2) is 27.7 Å². The van der Waals surface area contributed by atoms with E-state index in [1.807, 2.05) is 26.0 Å². The molecule has 2 atom stereocenters. The van der Waals surface area contributed by atoms with E-state index >= 15 is 0 Å². The summed E-state index contributed by atoms with van der Waals surface area (Å²) < 4.78 is 34.9. The first-order chi connectivity index (χ1) is 18.3. The zero-order chi connectivity index (χ0) is 29.6. The molecule has 0 bridgehead atoms. The van der Waals surface area contributed by atoms with Crippen molar-refractivity contribution >= 4 is 18.2 Å². The summed E-state index contributed by atoms with van der Waals surface area (Å²) in [5, 5.41) is 0.0176. The number of hydrogen-bond donors (Lipinski definition) is 0. The van der Waals surface area contributed by atoms with Gasteiger partial charge in [-0.15, -0.1) is 0 Å². The lowest BCUT2D eigenvalue weighted by atomic mass is 9.99. The van der Waals surface area contributed by atoms with Gasteiger partial charge in [-0.3, -0.25) is 4.85 Å². The molecular weight excluding hydrogens is 519 g/mol. The van der Waals surface area contributed by atoms with Gasteiger partial charge in [-0.2, -0.15) is 0 Å². The zero-order valence-electron chi connectivity index (χ0n) is 26.6. The van der Waals surface area contributed by atoms with Crippen LogP contribution in [0.3, 0.4) is 0 Å². The summed E-state index contributed by atoms with van der Waals surface area (Å²) in [5.74, 6) is 0. The summed E-state index contributed by atoms with van der Waals surface area (Å²) >= 11 is 0. The van der Waals surface area contributed by atoms with E-state index in [2.05, 4.69) is 45.6 Å². The van der Waals surface area contributed by atoms with Crippen molar-refractivity contribution in [3.05, 3.63) is 41.2 Å². The molecule has 0 aromatic heterocycles. The molecule has 1 aromatic carbocycles. The highest BCUT2D eigenvalue weighted by Crippen LogP contribution is 2.42. The van der Waals surface area contributed by atoms with Crippen molar-refractivity contribution in [1.82, 2.24) is 0 Å². The largest absolute Gasteiger partial charge is 0.414 e. The van der Waals surface area contributed by atoms with Gasteiger partial charge >= 0.3 is 4.87 Å². The van der Waals surface area contributed by atoms with E-state index in [1.165, 1.54) is 57.8 Å². The molecule has 0 radical (unpaired) electrons. The quantitative estimate of drug-likeness (QED) is 0.0879. The van der Waals surface area contributed by atoms with Crippen molar-refractivity contribution in [1.29, 1.82) is 0 Å². The van der Waals surface area contributed by atoms with Crippen LogP contribution in [0.1, 0.15) is 136 Å². The fourth-order valence-corrected chi connectivity index (χ4v) is 8.34. The van der Waals surface area contributed by atoms with Crippen molar-refractivity contribution < 1.29 is 12.8 Å². The van der Waals surface area contributed by atoms with Gasteiger partial charge in [0.2, 0.25) is 0 Å². The molecule has 0 saturated heterocycles. The van der Waals surface area contributed by atoms with E-state index in [-0.39, 0.29) is 22.5 Å². The van der Waals surface area contributed by atoms with E-state index in [1.54, 1.807) is 12.1 Å². The molecule has 1 rings (SSSR count). The van der Waals surface area contributed by atoms with E-state index < -0.39 is 23.0 Å². The molecule has 0 fully saturated rings. The summed E-state index contributed by atoms with van der Waals surface area (Å²) in [5.41, 5.74) is 1.01. The fourth-order valence-electron chi connectivity index (χ4n) is 5.02. The third-order valence-corrected chi connectivity index (χ3v) is 15.5. The van der Waals surface area contributed by atoms with Crippen LogP contribution >= 0.6 is 0 Å². The number of unbranched alkanes of at least 4 members (excludes halogenated alkanes) is 10. The number of sulfone groups is 1. The molecule has 39 heavy (non-hydrogen) atoms. The SMILES string of the molecule is [C-]#[N+]C(CCC)(C[C@@H](CCCCCCCCCCCCC)O[Si](C)(C)C(C)(C)C)S(=O)(=O)c1ccc(C)cc1. The smallest absolute Gasteiger partial charge is 0.335 e. The Bertz CT molecular complexity index is 960. The Morgan fingerprint density at radius 2 is 1.33 bits per heavy atom. The second-order valence-electron chi connectivity index (χ2n) is 13.2. The number of rotatable bonds is 20. The predicted octanol–water partition coefficient (Wildman–Crippen LogP) is 10.7. The van der Waals surface area contributed by atoms with Gasteiger partial charge in [-0.05, 0) is 50.0 Å². The molecule has 0 amide bonds. The molecule has 0 aliphatic carbocycles. The van der Waals surface area contributed by atoms with E-state index in [9.17, 15) is 8.42 Å². The van der Waals surface area contributed by atoms with Crippen LogP contribution in [0.2, 0.25) is 18.1 Å². The molecule has 1 aromatic rings. The Morgan fingerprint density at radius 3 is 1.77 bits per heavy atom. The van der Waals surface area contributed by atoms with Crippen molar-refractivity contribution in [2.45, 2.75) is 172 Å². The Morgan fingerprint density at radius 1 is 0.846 bits per heavy atom. The standard InChI is InChI=1S/C33H59NO3SSi/c1-10-12-13-14-15-16-17-18-19-20-21-22-30(37-39(8,9)32(4,5)6)28-33(34-7,27-11-2)38(35,36)31-25-23-29(3)24-26-31/h23-26,30H,10-22,27-28H2,1-6,8-9H3/t30-,33?/m1/s1. The Balaban J connectivity index is 2.98. The first-order valence-corrected chi connectivity index (χ1v) is 20.0. The second-order valence-corrected chi connectivity index (χ2v) is 20.1. The van der Waals surface area contributed by atoms with Crippen LogP contribution in [0.5, 0.6) is 0 Å². The van der Waals surface area contributed by atoms with Crippen LogP contribution in [0.15, 0.2) is 29.2 Å². The summed E-state index contributed by atoms with van der Waals surface area (Å²) in [7, 11) is -6.00. The Hall–Kier alpha value is -1.16. The molecular formula is C33H59NO3SSi. The van der Waals surface area contributed by atoms with E-state index in [0.29, 0.717) is 12.8 Å². The third kappa shape index (κ3) is 11.3. The maximum absolute atomic E-state index is 14.0. The van der Waals surface area contributed by atoms with Crippen LogP contribution < -0.4 is 0 Å². The van der Waals surface area contributed by atoms with Crippen LogP contribution in [0.4, 0.5) is 0 Å². The van der Waals surface area contributed by atoms with Crippen molar-refractivity contribution in [3.63, 3.8) is 0 Å². The molecule has 0 spiro atoms. The third-order valence-electron chi connectivity index (χ3n) is 8.62. The molecule has 0 saturated carbocycles. The molecule has 0 N–H and O–H groups in total. The average molecular weight is 578 g/mol. The molecule has 4 nitrogen and oxygen atoms in total. The van der Waals surface area contributed by atoms with Gasteiger partial charge in [-0.25, -0.2) is 15.0 Å². The van der Waals surface area contributed by atoms with Gasteiger partial charge in [0.25, 0.3) is 9.84 Å². The highest BCUT2D eigenvalue weighted by atomic mass is 32.2. The van der Waals surface area contributed by atoms with Gasteiger partial charge < -0.3 is 4.43 Å². The molecule has 6 heteroatoms. The van der Waals surface area contributed by atoms with E-state index in [0.717, 1.165) is 24.8 Å². The lowest BCUT2D eigenvalue weighted by Gasteiger charge is -2.40. The Kier molecular flexibility index (Phi) is 15.6. The zero-order valence-corrected chi connectivity index (χ0v) is 28.4. The molecule has 224 valence electrons. The minimum atomic E-state index is -3.85. The molecule has 0 aliphatic rings. The fraction of sp³-hybridized carbons (Fsp3) is 0.788. The minimum absolute atomic E-state index is 0.0176. The first-order valence-electron chi connectivity index (χ1n) is 15.6. The second kappa shape index (κ2) is 16.9. The summed E-state index contributed by atoms with van der Waals surface area (Å²) in [6.45, 7) is 25.5. The van der Waals surface area contributed by atoms with Crippen molar-refractivity contribution in [2.75, 3.05) is 0 Å². The highest BCUT2D eigenvalue weighted by Gasteiger charge is 2.53. The number of benzene rings is 1. The lowest BCUT2D eigenvalue weighted by molar-refractivity contribution is 0.146. The minimum Gasteiger partial charge on any atom is -0.414 e. The highest BCUT2D eigenvalue weighted by molar-refractivity contribution is 7.93. The maximum Gasteiger partial charge on any atom is 0.335 e. The summed E-state index contributed by atoms with van der Waals surface area (Å²) in [6.07, 6.45) is 15.8. The summed E-state index contributed by atoms with van der Waals surface area (Å²) in [4.78, 5) is 2.66. The predicted molar refractivity (Wildman–Crippen MR) is 170 cm³/mol. The topological polar surface area (TPSA) is 47.7 Å². The maximum atomic E-state index is 14.0. The summed E-state index contributed by atoms with van der Waals surface area (Å²) in [6, 6.07) is 6.96. The van der Waals surface area contributed by atoms with Crippen molar-refractivity contribution in [3.8, 4) is 0 Å². The van der Waals surface area contributed by atoms with Crippen LogP contribution in [0.25, 0.3) is 4.85 Å². The normalized spacial score (nSPS) is 15.1. The number of nitrogens with zero attached hydrogens (tertiary/aromatic N) is 1. The molecule has 1 unspecified atom stereocenters. The van der Waals surface area contributed by atoms with Gasteiger partial charge in [0, 0.05) is 6.42 Å². The molecule has 0 heterocycles. The van der Waals surface area contributed by atoms with Gasteiger partial charge in [0.05, 0.1) is 17.4 Å². The van der Waals surface area contributed by atoms with Gasteiger partial charge in [0.1, 0.15) is 0 Å². The van der Waals surface area contributed by atoms with Gasteiger partial charge in [-0.1, -0.05) is 123 Å². The van der Waals surface area contributed by atoms with Crippen molar-refractivity contribution in [2.24, 2.45) is 0 Å². The van der Waals surface area contributed by atoms with Gasteiger partial charge in [0.15, 0.2) is 8.32 Å². The van der Waals surface area contributed by atoms with Crippen LogP contribution in [0, 0.1) is 13.5 Å². The molecule has 0 aliphatic heterocycles. The number of aryl methyl sites for hydroxylation is 1.